The Kier molecular flexibility index (Phi) is 7.21. The minimum absolute atomic E-state index is 0.0589. The zero-order chi connectivity index (χ0) is 23.3. The third kappa shape index (κ3) is 6.21. The summed E-state index contributed by atoms with van der Waals surface area (Å²) in [5.41, 5.74) is 2.21. The van der Waals surface area contributed by atoms with E-state index in [1.165, 1.54) is 12.8 Å². The lowest BCUT2D eigenvalue weighted by molar-refractivity contribution is -0.129. The fraction of sp³-hybridized carbons (Fsp3) is 0.519. The quantitative estimate of drug-likeness (QED) is 0.545. The molecule has 2 aromatic carbocycles. The maximum Gasteiger partial charge on any atom is 0.262 e. The first-order chi connectivity index (χ1) is 16.6. The van der Waals surface area contributed by atoms with Crippen molar-refractivity contribution in [2.24, 2.45) is 5.92 Å². The number of rotatable bonds is 11. The summed E-state index contributed by atoms with van der Waals surface area (Å²) in [6, 6.07) is 13.9. The van der Waals surface area contributed by atoms with E-state index in [2.05, 4.69) is 16.3 Å². The summed E-state index contributed by atoms with van der Waals surface area (Å²) in [5, 5.41) is 3.12. The number of nitrogens with zero attached hydrogens (tertiary/aromatic N) is 1. The van der Waals surface area contributed by atoms with E-state index in [0.717, 1.165) is 55.2 Å². The van der Waals surface area contributed by atoms with Crippen molar-refractivity contribution in [2.75, 3.05) is 33.0 Å². The van der Waals surface area contributed by atoms with Crippen LogP contribution in [0.5, 0.6) is 17.2 Å². The predicted molar refractivity (Wildman–Crippen MR) is 128 cm³/mol. The Morgan fingerprint density at radius 2 is 2.03 bits per heavy atom. The van der Waals surface area contributed by atoms with E-state index >= 15 is 0 Å². The number of benzene rings is 2. The first kappa shape index (κ1) is 23.0. The van der Waals surface area contributed by atoms with Crippen LogP contribution in [0, 0.1) is 12.8 Å². The van der Waals surface area contributed by atoms with Crippen molar-refractivity contribution in [3.8, 4) is 17.2 Å². The lowest BCUT2D eigenvalue weighted by Crippen LogP contribution is -2.47. The number of nitrogens with one attached hydrogen (secondary N) is 1. The zero-order valence-corrected chi connectivity index (χ0v) is 19.8. The second-order valence-electron chi connectivity index (χ2n) is 9.63. The molecule has 182 valence electrons. The van der Waals surface area contributed by atoms with Crippen molar-refractivity contribution in [1.29, 1.82) is 0 Å². The number of aryl methyl sites for hydroxylation is 1. The van der Waals surface area contributed by atoms with Gasteiger partial charge in [0.15, 0.2) is 17.6 Å². The number of ether oxygens (including phenoxy) is 4. The maximum atomic E-state index is 13.2. The van der Waals surface area contributed by atoms with E-state index in [1.807, 2.05) is 43.3 Å². The van der Waals surface area contributed by atoms with Gasteiger partial charge in [-0.3, -0.25) is 9.69 Å². The van der Waals surface area contributed by atoms with Gasteiger partial charge in [0.25, 0.3) is 5.91 Å². The van der Waals surface area contributed by atoms with Gasteiger partial charge in [0.05, 0.1) is 6.10 Å². The van der Waals surface area contributed by atoms with Crippen LogP contribution < -0.4 is 19.5 Å². The Labute approximate surface area is 201 Å². The van der Waals surface area contributed by atoms with Gasteiger partial charge in [0.1, 0.15) is 5.75 Å². The monoisotopic (exact) mass is 466 g/mol. The average Bonchev–Trinajstić information content (AvgIpc) is 3.29. The minimum Gasteiger partial charge on any atom is -0.479 e. The first-order valence-electron chi connectivity index (χ1n) is 12.4. The molecule has 7 heteroatoms. The Bertz CT molecular complexity index is 987. The van der Waals surface area contributed by atoms with Crippen LogP contribution >= 0.6 is 0 Å². The molecule has 1 saturated heterocycles. The van der Waals surface area contributed by atoms with Gasteiger partial charge in [-0.1, -0.05) is 18.2 Å². The largest absolute Gasteiger partial charge is 0.479 e. The maximum absolute atomic E-state index is 13.2. The molecule has 2 aromatic rings. The van der Waals surface area contributed by atoms with Gasteiger partial charge < -0.3 is 24.3 Å². The molecule has 2 fully saturated rings. The number of hydrogen-bond donors (Lipinski definition) is 1. The van der Waals surface area contributed by atoms with E-state index in [4.69, 9.17) is 18.9 Å². The van der Waals surface area contributed by atoms with E-state index < -0.39 is 6.10 Å². The topological polar surface area (TPSA) is 69.3 Å². The molecule has 2 atom stereocenters. The molecular formula is C27H34N2O5. The van der Waals surface area contributed by atoms with E-state index in [9.17, 15) is 4.79 Å². The molecule has 1 aliphatic carbocycles. The SMILES string of the molecule is Cc1cccc(OC(CN(Cc2ccc3c(c2)OCO3)CC2CCCO2)C(=O)NCC2CC2)c1. The van der Waals surface area contributed by atoms with Crippen molar-refractivity contribution in [3.05, 3.63) is 53.6 Å². The van der Waals surface area contributed by atoms with Gasteiger partial charge in [0.2, 0.25) is 6.79 Å². The van der Waals surface area contributed by atoms with Gasteiger partial charge in [-0.25, -0.2) is 0 Å². The van der Waals surface area contributed by atoms with Crippen LogP contribution in [0.2, 0.25) is 0 Å². The number of carbonyl (C=O) groups is 1. The highest BCUT2D eigenvalue weighted by atomic mass is 16.7. The van der Waals surface area contributed by atoms with Crippen molar-refractivity contribution in [2.45, 2.75) is 51.4 Å². The van der Waals surface area contributed by atoms with Crippen molar-refractivity contribution < 1.29 is 23.7 Å². The number of carbonyl (C=O) groups excluding carboxylic acids is 1. The van der Waals surface area contributed by atoms with E-state index in [1.54, 1.807) is 0 Å². The molecule has 2 heterocycles. The molecule has 1 N–H and O–H groups in total. The second-order valence-corrected chi connectivity index (χ2v) is 9.63. The summed E-state index contributed by atoms with van der Waals surface area (Å²) in [5.74, 6) is 2.81. The fourth-order valence-corrected chi connectivity index (χ4v) is 4.52. The highest BCUT2D eigenvalue weighted by Crippen LogP contribution is 2.33. The molecule has 0 radical (unpaired) electrons. The standard InChI is InChI=1S/C27H34N2O5/c1-19-4-2-5-22(12-19)34-26(27(30)28-14-20-7-8-20)17-29(16-23-6-3-11-31-23)15-21-9-10-24-25(13-21)33-18-32-24/h2,4-5,9-10,12-13,20,23,26H,3,6-8,11,14-18H2,1H3,(H,28,30). The summed E-state index contributed by atoms with van der Waals surface area (Å²) >= 11 is 0. The van der Waals surface area contributed by atoms with Gasteiger partial charge in [-0.15, -0.1) is 0 Å². The summed E-state index contributed by atoms with van der Waals surface area (Å²) in [6.45, 7) is 5.69. The molecule has 7 nitrogen and oxygen atoms in total. The van der Waals surface area contributed by atoms with Crippen LogP contribution in [0.25, 0.3) is 0 Å². The lowest BCUT2D eigenvalue weighted by Gasteiger charge is -2.29. The number of fused-ring (bicyclic) bond motifs is 1. The Hall–Kier alpha value is -2.77. The lowest BCUT2D eigenvalue weighted by atomic mass is 10.1. The smallest absolute Gasteiger partial charge is 0.262 e. The Balaban J connectivity index is 1.32. The van der Waals surface area contributed by atoms with Crippen LogP contribution in [0.1, 0.15) is 36.8 Å². The van der Waals surface area contributed by atoms with Crippen LogP contribution in [0.4, 0.5) is 0 Å². The van der Waals surface area contributed by atoms with Gasteiger partial charge in [0, 0.05) is 32.8 Å². The summed E-state index contributed by atoms with van der Waals surface area (Å²) < 4.78 is 23.2. The molecule has 5 rings (SSSR count). The molecule has 0 aromatic heterocycles. The van der Waals surface area contributed by atoms with E-state index in [0.29, 0.717) is 24.8 Å². The predicted octanol–water partition coefficient (Wildman–Crippen LogP) is 3.68. The fourth-order valence-electron chi connectivity index (χ4n) is 4.52. The highest BCUT2D eigenvalue weighted by molar-refractivity contribution is 5.81. The molecule has 34 heavy (non-hydrogen) atoms. The van der Waals surface area contributed by atoms with E-state index in [-0.39, 0.29) is 18.8 Å². The summed E-state index contributed by atoms with van der Waals surface area (Å²) in [6.07, 6.45) is 4.06. The highest BCUT2D eigenvalue weighted by Gasteiger charge is 2.29. The van der Waals surface area contributed by atoms with Gasteiger partial charge in [-0.05, 0) is 73.9 Å². The van der Waals surface area contributed by atoms with Crippen LogP contribution in [-0.4, -0.2) is 56.0 Å². The molecule has 1 amide bonds. The Morgan fingerprint density at radius 1 is 1.15 bits per heavy atom. The molecule has 1 saturated carbocycles. The minimum atomic E-state index is -0.615. The summed E-state index contributed by atoms with van der Waals surface area (Å²) in [4.78, 5) is 15.5. The third-order valence-corrected chi connectivity index (χ3v) is 6.58. The van der Waals surface area contributed by atoms with Crippen molar-refractivity contribution >= 4 is 5.91 Å². The molecular weight excluding hydrogens is 432 g/mol. The second kappa shape index (κ2) is 10.7. The average molecular weight is 467 g/mol. The van der Waals surface area contributed by atoms with Crippen LogP contribution in [0.3, 0.4) is 0 Å². The van der Waals surface area contributed by atoms with Crippen molar-refractivity contribution in [3.63, 3.8) is 0 Å². The zero-order valence-electron chi connectivity index (χ0n) is 19.8. The summed E-state index contributed by atoms with van der Waals surface area (Å²) in [7, 11) is 0. The number of amides is 1. The first-order valence-corrected chi connectivity index (χ1v) is 12.4. The number of hydrogen-bond acceptors (Lipinski definition) is 6. The molecule has 3 aliphatic rings. The molecule has 2 unspecified atom stereocenters. The normalized spacial score (nSPS) is 19.9. The van der Waals surface area contributed by atoms with Gasteiger partial charge >= 0.3 is 0 Å². The third-order valence-electron chi connectivity index (χ3n) is 6.58. The van der Waals surface area contributed by atoms with Crippen molar-refractivity contribution in [1.82, 2.24) is 10.2 Å². The Morgan fingerprint density at radius 3 is 2.82 bits per heavy atom. The van der Waals surface area contributed by atoms with Crippen LogP contribution in [0.15, 0.2) is 42.5 Å². The molecule has 2 aliphatic heterocycles. The van der Waals surface area contributed by atoms with Crippen LogP contribution in [-0.2, 0) is 16.1 Å². The van der Waals surface area contributed by atoms with Gasteiger partial charge in [-0.2, -0.15) is 0 Å². The molecule has 0 bridgehead atoms. The molecule has 0 spiro atoms.